The van der Waals surface area contributed by atoms with Crippen LogP contribution in [-0.4, -0.2) is 43.6 Å². The third kappa shape index (κ3) is 3.93. The topological polar surface area (TPSA) is 49.4 Å². The second-order valence-corrected chi connectivity index (χ2v) is 7.23. The molecule has 1 saturated heterocycles. The summed E-state index contributed by atoms with van der Waals surface area (Å²) in [6.45, 7) is 9.51. The summed E-state index contributed by atoms with van der Waals surface area (Å²) in [7, 11) is -3.09. The van der Waals surface area contributed by atoms with Crippen LogP contribution in [-0.2, 0) is 10.0 Å². The molecule has 4 nitrogen and oxygen atoms in total. The molecule has 17 heavy (non-hydrogen) atoms. The number of nitrogens with one attached hydrogen (secondary N) is 1. The zero-order valence-corrected chi connectivity index (χ0v) is 12.3. The normalized spacial score (nSPS) is 29.2. The van der Waals surface area contributed by atoms with Crippen LogP contribution in [0.25, 0.3) is 0 Å². The second-order valence-electron chi connectivity index (χ2n) is 5.27. The minimum absolute atomic E-state index is 0.0579. The summed E-state index contributed by atoms with van der Waals surface area (Å²) < 4.78 is 26.3. The Kier molecular flexibility index (Phi) is 5.41. The van der Waals surface area contributed by atoms with Crippen LogP contribution < -0.4 is 5.32 Å². The molecule has 1 N–H and O–H groups in total. The summed E-state index contributed by atoms with van der Waals surface area (Å²) in [5.41, 5.74) is 0. The summed E-state index contributed by atoms with van der Waals surface area (Å²) in [6.07, 6.45) is 2.03. The molecular formula is C12H26N2O2S. The van der Waals surface area contributed by atoms with Crippen molar-refractivity contribution in [3.05, 3.63) is 0 Å². The molecule has 3 unspecified atom stereocenters. The lowest BCUT2D eigenvalue weighted by atomic mass is 10.1. The van der Waals surface area contributed by atoms with E-state index in [0.29, 0.717) is 6.54 Å². The van der Waals surface area contributed by atoms with E-state index in [9.17, 15) is 8.42 Å². The highest BCUT2D eigenvalue weighted by atomic mass is 32.2. The Labute approximate surface area is 106 Å². The van der Waals surface area contributed by atoms with Crippen LogP contribution in [0.5, 0.6) is 0 Å². The van der Waals surface area contributed by atoms with Crippen LogP contribution in [0.1, 0.15) is 40.5 Å². The number of hydrogen-bond acceptors (Lipinski definition) is 3. The first-order chi connectivity index (χ1) is 7.88. The lowest BCUT2D eigenvalue weighted by molar-refractivity contribution is 0.231. The van der Waals surface area contributed by atoms with Gasteiger partial charge in [-0.1, -0.05) is 20.3 Å². The number of sulfonamides is 1. The fourth-order valence-corrected chi connectivity index (χ4v) is 4.59. The molecule has 0 aliphatic carbocycles. The maximum atomic E-state index is 12.3. The highest BCUT2D eigenvalue weighted by Gasteiger charge is 2.33. The van der Waals surface area contributed by atoms with E-state index in [4.69, 9.17) is 0 Å². The Morgan fingerprint density at radius 2 is 2.06 bits per heavy atom. The van der Waals surface area contributed by atoms with Gasteiger partial charge in [0.15, 0.2) is 0 Å². The predicted octanol–water partition coefficient (Wildman–Crippen LogP) is 1.43. The van der Waals surface area contributed by atoms with Crippen molar-refractivity contribution in [2.75, 3.05) is 18.8 Å². The van der Waals surface area contributed by atoms with Crippen LogP contribution in [0.2, 0.25) is 0 Å². The van der Waals surface area contributed by atoms with Gasteiger partial charge in [-0.3, -0.25) is 0 Å². The fourth-order valence-electron chi connectivity index (χ4n) is 2.45. The molecule has 0 amide bonds. The maximum Gasteiger partial charge on any atom is 0.214 e. The van der Waals surface area contributed by atoms with Gasteiger partial charge < -0.3 is 5.32 Å². The highest BCUT2D eigenvalue weighted by Crippen LogP contribution is 2.18. The summed E-state index contributed by atoms with van der Waals surface area (Å²) in [4.78, 5) is 0. The van der Waals surface area contributed by atoms with Crippen molar-refractivity contribution in [2.45, 2.75) is 52.6 Å². The Bertz CT molecular complexity index is 329. The maximum absolute atomic E-state index is 12.3. The van der Waals surface area contributed by atoms with Crippen LogP contribution in [0.3, 0.4) is 0 Å². The van der Waals surface area contributed by atoms with Crippen molar-refractivity contribution in [3.8, 4) is 0 Å². The summed E-state index contributed by atoms with van der Waals surface area (Å²) in [5.74, 6) is 0.542. The van der Waals surface area contributed by atoms with Gasteiger partial charge in [0.2, 0.25) is 10.0 Å². The number of nitrogens with zero attached hydrogens (tertiary/aromatic N) is 1. The van der Waals surface area contributed by atoms with E-state index in [2.05, 4.69) is 12.2 Å². The smallest absolute Gasteiger partial charge is 0.214 e. The largest absolute Gasteiger partial charge is 0.311 e. The van der Waals surface area contributed by atoms with E-state index >= 15 is 0 Å². The zero-order valence-electron chi connectivity index (χ0n) is 11.4. The number of piperazine rings is 1. The highest BCUT2D eigenvalue weighted by molar-refractivity contribution is 7.89. The van der Waals surface area contributed by atoms with E-state index in [1.54, 1.807) is 4.31 Å². The average Bonchev–Trinajstić information content (AvgIpc) is 2.21. The molecule has 1 aliphatic rings. The molecule has 3 atom stereocenters. The van der Waals surface area contributed by atoms with Crippen LogP contribution >= 0.6 is 0 Å². The molecule has 0 saturated carbocycles. The van der Waals surface area contributed by atoms with E-state index in [1.165, 1.54) is 0 Å². The number of rotatable bonds is 5. The van der Waals surface area contributed by atoms with Crippen molar-refractivity contribution in [1.82, 2.24) is 9.62 Å². The van der Waals surface area contributed by atoms with E-state index < -0.39 is 10.0 Å². The standard InChI is InChI=1S/C12H26N2O2S/c1-5-6-10(2)9-17(15,16)14-8-7-13-11(3)12(14)4/h10-13H,5-9H2,1-4H3. The quantitative estimate of drug-likeness (QED) is 0.815. The van der Waals surface area contributed by atoms with Gasteiger partial charge in [-0.15, -0.1) is 0 Å². The first-order valence-corrected chi connectivity index (χ1v) is 8.22. The Balaban J connectivity index is 2.69. The molecular weight excluding hydrogens is 236 g/mol. The summed E-state index contributed by atoms with van der Waals surface area (Å²) >= 11 is 0. The lowest BCUT2D eigenvalue weighted by Crippen LogP contribution is -2.57. The minimum atomic E-state index is -3.09. The molecule has 0 aromatic carbocycles. The van der Waals surface area contributed by atoms with Crippen molar-refractivity contribution >= 4 is 10.0 Å². The van der Waals surface area contributed by atoms with Gasteiger partial charge in [-0.25, -0.2) is 8.42 Å². The third-order valence-electron chi connectivity index (χ3n) is 3.61. The van der Waals surface area contributed by atoms with Crippen LogP contribution in [0.15, 0.2) is 0 Å². The van der Waals surface area contributed by atoms with Crippen molar-refractivity contribution < 1.29 is 8.42 Å². The minimum Gasteiger partial charge on any atom is -0.311 e. The summed E-state index contributed by atoms with van der Waals surface area (Å²) in [5, 5.41) is 3.31. The fraction of sp³-hybridized carbons (Fsp3) is 1.00. The van der Waals surface area contributed by atoms with Gasteiger partial charge in [0.05, 0.1) is 5.75 Å². The van der Waals surface area contributed by atoms with Gasteiger partial charge in [0.25, 0.3) is 0 Å². The SMILES string of the molecule is CCCC(C)CS(=O)(=O)N1CCNC(C)C1C. The summed E-state index contributed by atoms with van der Waals surface area (Å²) in [6, 6.07) is 0.294. The van der Waals surface area contributed by atoms with Crippen molar-refractivity contribution in [1.29, 1.82) is 0 Å². The zero-order chi connectivity index (χ0) is 13.1. The van der Waals surface area contributed by atoms with E-state index in [1.807, 2.05) is 20.8 Å². The molecule has 1 fully saturated rings. The predicted molar refractivity (Wildman–Crippen MR) is 71.5 cm³/mol. The molecule has 0 spiro atoms. The molecule has 0 aromatic heterocycles. The average molecular weight is 262 g/mol. The van der Waals surface area contributed by atoms with Gasteiger partial charge in [0, 0.05) is 25.2 Å². The number of hydrogen-bond donors (Lipinski definition) is 1. The van der Waals surface area contributed by atoms with Crippen molar-refractivity contribution in [2.24, 2.45) is 5.92 Å². The van der Waals surface area contributed by atoms with E-state index in [-0.39, 0.29) is 23.8 Å². The lowest BCUT2D eigenvalue weighted by Gasteiger charge is -2.38. The molecule has 0 radical (unpaired) electrons. The first-order valence-electron chi connectivity index (χ1n) is 6.61. The Morgan fingerprint density at radius 1 is 1.41 bits per heavy atom. The molecule has 0 aromatic rings. The van der Waals surface area contributed by atoms with Gasteiger partial charge in [-0.05, 0) is 26.2 Å². The van der Waals surface area contributed by atoms with Crippen LogP contribution in [0.4, 0.5) is 0 Å². The first kappa shape index (κ1) is 14.9. The second kappa shape index (κ2) is 6.16. The van der Waals surface area contributed by atoms with Gasteiger partial charge in [0.1, 0.15) is 0 Å². The van der Waals surface area contributed by atoms with Crippen LogP contribution in [0, 0.1) is 5.92 Å². The Morgan fingerprint density at radius 3 is 2.65 bits per heavy atom. The van der Waals surface area contributed by atoms with Gasteiger partial charge in [-0.2, -0.15) is 4.31 Å². The molecule has 5 heteroatoms. The monoisotopic (exact) mass is 262 g/mol. The Hall–Kier alpha value is -0.130. The van der Waals surface area contributed by atoms with E-state index in [0.717, 1.165) is 19.4 Å². The molecule has 1 heterocycles. The molecule has 102 valence electrons. The molecule has 1 aliphatic heterocycles. The third-order valence-corrected chi connectivity index (χ3v) is 5.83. The van der Waals surface area contributed by atoms with Crippen molar-refractivity contribution in [3.63, 3.8) is 0 Å². The van der Waals surface area contributed by atoms with Gasteiger partial charge >= 0.3 is 0 Å². The molecule has 1 rings (SSSR count). The molecule has 0 bridgehead atoms.